The normalized spacial score (nSPS) is 11.7. The third-order valence-corrected chi connectivity index (χ3v) is 5.62. The number of nitrogens with zero attached hydrogens (tertiary/aromatic N) is 3. The Morgan fingerprint density at radius 1 is 1.17 bits per heavy atom. The summed E-state index contributed by atoms with van der Waals surface area (Å²) in [6.45, 7) is 3.79. The molecule has 0 aliphatic carbocycles. The predicted molar refractivity (Wildman–Crippen MR) is 119 cm³/mol. The van der Waals surface area contributed by atoms with Crippen molar-refractivity contribution in [3.05, 3.63) is 70.5 Å². The van der Waals surface area contributed by atoms with Crippen molar-refractivity contribution in [2.75, 3.05) is 11.1 Å². The summed E-state index contributed by atoms with van der Waals surface area (Å²) in [4.78, 5) is 24.6. The van der Waals surface area contributed by atoms with Gasteiger partial charge in [-0.25, -0.2) is 0 Å². The Kier molecular flexibility index (Phi) is 7.12. The minimum absolute atomic E-state index is 0.160. The third kappa shape index (κ3) is 5.61. The Hall–Kier alpha value is -2.84. The lowest BCUT2D eigenvalue weighted by Crippen LogP contribution is -2.28. The van der Waals surface area contributed by atoms with Crippen molar-refractivity contribution in [2.24, 2.45) is 7.05 Å². The number of aromatic nitrogens is 3. The van der Waals surface area contributed by atoms with Crippen LogP contribution in [-0.2, 0) is 11.8 Å². The van der Waals surface area contributed by atoms with Gasteiger partial charge < -0.3 is 15.2 Å². The number of halogens is 1. The highest BCUT2D eigenvalue weighted by Crippen LogP contribution is 2.20. The first-order valence-corrected chi connectivity index (χ1v) is 10.6. The van der Waals surface area contributed by atoms with Crippen molar-refractivity contribution in [1.82, 2.24) is 20.1 Å². The number of amides is 2. The van der Waals surface area contributed by atoms with Crippen molar-refractivity contribution >= 4 is 40.9 Å². The molecule has 1 heterocycles. The van der Waals surface area contributed by atoms with Crippen LogP contribution in [0, 0.1) is 6.92 Å². The molecule has 0 radical (unpaired) electrons. The second-order valence-corrected chi connectivity index (χ2v) is 8.19. The summed E-state index contributed by atoms with van der Waals surface area (Å²) < 4.78 is 1.78. The molecule has 9 heteroatoms. The summed E-state index contributed by atoms with van der Waals surface area (Å²) in [6, 6.07) is 14.0. The summed E-state index contributed by atoms with van der Waals surface area (Å²) in [6.07, 6.45) is 0. The van der Waals surface area contributed by atoms with E-state index in [1.807, 2.05) is 39.1 Å². The maximum absolute atomic E-state index is 12.5. The number of carbonyl (C=O) groups excluding carboxylic acids is 2. The van der Waals surface area contributed by atoms with Gasteiger partial charge in [-0.15, -0.1) is 10.2 Å². The van der Waals surface area contributed by atoms with Crippen molar-refractivity contribution in [3.8, 4) is 0 Å². The highest BCUT2D eigenvalue weighted by Gasteiger charge is 2.19. The van der Waals surface area contributed by atoms with E-state index in [9.17, 15) is 9.59 Å². The molecular formula is C21H22ClN5O2S. The van der Waals surface area contributed by atoms with Crippen LogP contribution in [0.25, 0.3) is 0 Å². The van der Waals surface area contributed by atoms with Crippen molar-refractivity contribution in [1.29, 1.82) is 0 Å². The zero-order chi connectivity index (χ0) is 21.7. The molecule has 7 nitrogen and oxygen atoms in total. The molecule has 2 N–H and O–H groups in total. The fourth-order valence-electron chi connectivity index (χ4n) is 2.82. The number of benzene rings is 2. The Balaban J connectivity index is 1.57. The molecule has 0 saturated heterocycles. The van der Waals surface area contributed by atoms with Gasteiger partial charge in [0.05, 0.1) is 11.8 Å². The van der Waals surface area contributed by atoms with Gasteiger partial charge in [0.1, 0.15) is 0 Å². The lowest BCUT2D eigenvalue weighted by atomic mass is 10.1. The Morgan fingerprint density at radius 3 is 2.60 bits per heavy atom. The zero-order valence-corrected chi connectivity index (χ0v) is 18.4. The van der Waals surface area contributed by atoms with Crippen molar-refractivity contribution in [2.45, 2.75) is 25.0 Å². The maximum atomic E-state index is 12.5. The maximum Gasteiger partial charge on any atom is 0.251 e. The summed E-state index contributed by atoms with van der Waals surface area (Å²) in [5, 5.41) is 15.3. The number of hydrogen-bond acceptors (Lipinski definition) is 5. The number of aryl methyl sites for hydroxylation is 1. The van der Waals surface area contributed by atoms with Crippen LogP contribution >= 0.6 is 23.4 Å². The highest BCUT2D eigenvalue weighted by atomic mass is 35.5. The molecule has 0 unspecified atom stereocenters. The topological polar surface area (TPSA) is 88.9 Å². The standard InChI is InChI=1S/C21H22ClN5O2S/c1-13-5-4-6-15(11-13)20(29)23-14(2)19-25-26-21(27(19)3)30-12-18(28)24-17-9-7-16(22)8-10-17/h4-11,14H,12H2,1-3H3,(H,23,29)(H,24,28)/t14-/m1/s1. The van der Waals surface area contributed by atoms with E-state index >= 15 is 0 Å². The summed E-state index contributed by atoms with van der Waals surface area (Å²) >= 11 is 7.12. The van der Waals surface area contributed by atoms with E-state index in [-0.39, 0.29) is 23.6 Å². The van der Waals surface area contributed by atoms with Crippen LogP contribution < -0.4 is 10.6 Å². The zero-order valence-electron chi connectivity index (χ0n) is 16.8. The molecule has 2 aromatic carbocycles. The minimum Gasteiger partial charge on any atom is -0.342 e. The van der Waals surface area contributed by atoms with Crippen molar-refractivity contribution < 1.29 is 9.59 Å². The Morgan fingerprint density at radius 2 is 1.90 bits per heavy atom. The van der Waals surface area contributed by atoms with Crippen molar-refractivity contribution in [3.63, 3.8) is 0 Å². The van der Waals surface area contributed by atoms with Crippen LogP contribution in [0.4, 0.5) is 5.69 Å². The second kappa shape index (κ2) is 9.77. The fraction of sp³-hybridized carbons (Fsp3) is 0.238. The molecule has 30 heavy (non-hydrogen) atoms. The fourth-order valence-corrected chi connectivity index (χ4v) is 3.66. The van der Waals surface area contributed by atoms with Crippen LogP contribution in [0.2, 0.25) is 5.02 Å². The van der Waals surface area contributed by atoms with E-state index in [1.54, 1.807) is 34.9 Å². The number of anilines is 1. The molecule has 0 spiro atoms. The summed E-state index contributed by atoms with van der Waals surface area (Å²) in [7, 11) is 1.81. The molecule has 3 rings (SSSR count). The number of carbonyl (C=O) groups is 2. The molecular weight excluding hydrogens is 422 g/mol. The second-order valence-electron chi connectivity index (χ2n) is 6.81. The van der Waals surface area contributed by atoms with Crippen LogP contribution in [0.15, 0.2) is 53.7 Å². The average molecular weight is 444 g/mol. The Labute approximate surface area is 184 Å². The number of hydrogen-bond donors (Lipinski definition) is 2. The molecule has 3 aromatic rings. The molecule has 0 aliphatic heterocycles. The van der Waals surface area contributed by atoms with Gasteiger partial charge in [0.2, 0.25) is 5.91 Å². The largest absolute Gasteiger partial charge is 0.342 e. The molecule has 0 fully saturated rings. The van der Waals surface area contributed by atoms with Crippen LogP contribution in [0.5, 0.6) is 0 Å². The van der Waals surface area contributed by atoms with Gasteiger partial charge >= 0.3 is 0 Å². The smallest absolute Gasteiger partial charge is 0.251 e. The van der Waals surface area contributed by atoms with E-state index in [2.05, 4.69) is 20.8 Å². The molecule has 1 aromatic heterocycles. The van der Waals surface area contributed by atoms with Crippen LogP contribution in [0.3, 0.4) is 0 Å². The van der Waals surface area contributed by atoms with Gasteiger partial charge in [-0.3, -0.25) is 9.59 Å². The van der Waals surface area contributed by atoms with Gasteiger partial charge in [0.25, 0.3) is 5.91 Å². The molecule has 2 amide bonds. The monoisotopic (exact) mass is 443 g/mol. The molecule has 0 saturated carbocycles. The van der Waals surface area contributed by atoms with E-state index in [0.717, 1.165) is 5.56 Å². The first-order valence-electron chi connectivity index (χ1n) is 9.28. The van der Waals surface area contributed by atoms with E-state index in [4.69, 9.17) is 11.6 Å². The SMILES string of the molecule is Cc1cccc(C(=O)N[C@H](C)c2nnc(SCC(=O)Nc3ccc(Cl)cc3)n2C)c1. The number of rotatable bonds is 7. The molecule has 0 aliphatic rings. The van der Waals surface area contributed by atoms with Gasteiger partial charge in [-0.2, -0.15) is 0 Å². The van der Waals surface area contributed by atoms with Gasteiger partial charge in [0.15, 0.2) is 11.0 Å². The first-order chi connectivity index (χ1) is 14.3. The number of nitrogens with one attached hydrogen (secondary N) is 2. The molecule has 156 valence electrons. The highest BCUT2D eigenvalue weighted by molar-refractivity contribution is 7.99. The predicted octanol–water partition coefficient (Wildman–Crippen LogP) is 4.00. The lowest BCUT2D eigenvalue weighted by molar-refractivity contribution is -0.113. The average Bonchev–Trinajstić information content (AvgIpc) is 3.08. The van der Waals surface area contributed by atoms with Gasteiger partial charge in [-0.05, 0) is 50.2 Å². The summed E-state index contributed by atoms with van der Waals surface area (Å²) in [5.41, 5.74) is 2.29. The van der Waals surface area contributed by atoms with E-state index in [0.29, 0.717) is 27.3 Å². The van der Waals surface area contributed by atoms with Gasteiger partial charge in [-0.1, -0.05) is 41.1 Å². The Bertz CT molecular complexity index is 1050. The first kappa shape index (κ1) is 21.9. The van der Waals surface area contributed by atoms with Gasteiger partial charge in [0, 0.05) is 23.3 Å². The number of thioether (sulfide) groups is 1. The van der Waals surface area contributed by atoms with Crippen LogP contribution in [0.1, 0.15) is 34.7 Å². The molecule has 1 atom stereocenters. The minimum atomic E-state index is -0.340. The third-order valence-electron chi connectivity index (χ3n) is 4.34. The van der Waals surface area contributed by atoms with E-state index < -0.39 is 0 Å². The lowest BCUT2D eigenvalue weighted by Gasteiger charge is -2.14. The van der Waals surface area contributed by atoms with Crippen LogP contribution in [-0.4, -0.2) is 32.3 Å². The quantitative estimate of drug-likeness (QED) is 0.539. The van der Waals surface area contributed by atoms with E-state index in [1.165, 1.54) is 11.8 Å². The summed E-state index contributed by atoms with van der Waals surface area (Å²) in [5.74, 6) is 0.452. The molecule has 0 bridgehead atoms.